The summed E-state index contributed by atoms with van der Waals surface area (Å²) in [6, 6.07) is 5.42. The third kappa shape index (κ3) is 3.49. The number of aryl methyl sites for hydroxylation is 2. The first-order chi connectivity index (χ1) is 6.59. The highest BCUT2D eigenvalue weighted by Crippen LogP contribution is 2.13. The standard InChI is InChI=1S/C13H19F/c1-10(2)5-4-6-12-7-8-13(14)11(3)9-12/h7-10H,4-6H2,1-3H3. The minimum absolute atomic E-state index is 0.0994. The first kappa shape index (κ1) is 11.2. The summed E-state index contributed by atoms with van der Waals surface area (Å²) < 4.78 is 12.9. The summed E-state index contributed by atoms with van der Waals surface area (Å²) in [6.07, 6.45) is 3.51. The molecule has 0 N–H and O–H groups in total. The second-order valence-electron chi connectivity index (χ2n) is 4.37. The molecule has 0 fully saturated rings. The molecule has 1 heteroatoms. The van der Waals surface area contributed by atoms with E-state index in [1.807, 2.05) is 19.1 Å². The summed E-state index contributed by atoms with van der Waals surface area (Å²) >= 11 is 0. The molecule has 78 valence electrons. The van der Waals surface area contributed by atoms with E-state index in [1.165, 1.54) is 18.4 Å². The van der Waals surface area contributed by atoms with Crippen LogP contribution in [-0.2, 0) is 6.42 Å². The summed E-state index contributed by atoms with van der Waals surface area (Å²) in [6.45, 7) is 6.28. The second-order valence-corrected chi connectivity index (χ2v) is 4.37. The molecule has 0 saturated carbocycles. The van der Waals surface area contributed by atoms with Crippen molar-refractivity contribution in [2.24, 2.45) is 5.92 Å². The zero-order chi connectivity index (χ0) is 10.6. The average Bonchev–Trinajstić information content (AvgIpc) is 2.10. The third-order valence-electron chi connectivity index (χ3n) is 2.47. The highest BCUT2D eigenvalue weighted by atomic mass is 19.1. The molecule has 0 aliphatic heterocycles. The molecule has 0 atom stereocenters. The van der Waals surface area contributed by atoms with E-state index in [0.29, 0.717) is 0 Å². The van der Waals surface area contributed by atoms with Gasteiger partial charge in [0.05, 0.1) is 0 Å². The lowest BCUT2D eigenvalue weighted by atomic mass is 10.0. The van der Waals surface area contributed by atoms with Gasteiger partial charge in [0.2, 0.25) is 0 Å². The van der Waals surface area contributed by atoms with E-state index in [-0.39, 0.29) is 5.82 Å². The van der Waals surface area contributed by atoms with Gasteiger partial charge in [-0.1, -0.05) is 32.4 Å². The van der Waals surface area contributed by atoms with Crippen LogP contribution in [0.5, 0.6) is 0 Å². The van der Waals surface area contributed by atoms with E-state index < -0.39 is 0 Å². The molecule has 0 heterocycles. The van der Waals surface area contributed by atoms with Crippen LogP contribution in [0.2, 0.25) is 0 Å². The van der Waals surface area contributed by atoms with Gasteiger partial charge in [0.25, 0.3) is 0 Å². The van der Waals surface area contributed by atoms with Crippen molar-refractivity contribution < 1.29 is 4.39 Å². The number of benzene rings is 1. The minimum Gasteiger partial charge on any atom is -0.207 e. The van der Waals surface area contributed by atoms with Gasteiger partial charge in [-0.15, -0.1) is 0 Å². The number of hydrogen-bond donors (Lipinski definition) is 0. The van der Waals surface area contributed by atoms with Crippen LogP contribution < -0.4 is 0 Å². The fraction of sp³-hybridized carbons (Fsp3) is 0.538. The third-order valence-corrected chi connectivity index (χ3v) is 2.47. The van der Waals surface area contributed by atoms with Gasteiger partial charge in [-0.25, -0.2) is 4.39 Å². The molecule has 0 amide bonds. The number of hydrogen-bond acceptors (Lipinski definition) is 0. The Bertz CT molecular complexity index is 289. The van der Waals surface area contributed by atoms with Crippen LogP contribution in [0.4, 0.5) is 4.39 Å². The van der Waals surface area contributed by atoms with Gasteiger partial charge in [0.1, 0.15) is 5.82 Å². The molecular weight excluding hydrogens is 175 g/mol. The van der Waals surface area contributed by atoms with Crippen molar-refractivity contribution in [1.29, 1.82) is 0 Å². The van der Waals surface area contributed by atoms with Crippen LogP contribution in [-0.4, -0.2) is 0 Å². The molecule has 1 aromatic carbocycles. The Balaban J connectivity index is 2.47. The van der Waals surface area contributed by atoms with E-state index in [0.717, 1.165) is 17.9 Å². The van der Waals surface area contributed by atoms with Crippen LogP contribution in [0.15, 0.2) is 18.2 Å². The van der Waals surface area contributed by atoms with Gasteiger partial charge in [-0.05, 0) is 42.9 Å². The highest BCUT2D eigenvalue weighted by Gasteiger charge is 2.00. The normalized spacial score (nSPS) is 10.9. The second kappa shape index (κ2) is 5.14. The smallest absolute Gasteiger partial charge is 0.126 e. The maximum Gasteiger partial charge on any atom is 0.126 e. The lowest BCUT2D eigenvalue weighted by molar-refractivity contribution is 0.555. The summed E-state index contributed by atoms with van der Waals surface area (Å²) in [5, 5.41) is 0. The van der Waals surface area contributed by atoms with Crippen molar-refractivity contribution in [2.45, 2.75) is 40.0 Å². The molecule has 0 nitrogen and oxygen atoms in total. The Morgan fingerprint density at radius 2 is 2.00 bits per heavy atom. The first-order valence-electron chi connectivity index (χ1n) is 5.34. The van der Waals surface area contributed by atoms with Gasteiger partial charge < -0.3 is 0 Å². The largest absolute Gasteiger partial charge is 0.207 e. The van der Waals surface area contributed by atoms with Gasteiger partial charge in [0, 0.05) is 0 Å². The molecule has 0 aliphatic carbocycles. The molecule has 1 rings (SSSR count). The lowest BCUT2D eigenvalue weighted by Crippen LogP contribution is -1.92. The van der Waals surface area contributed by atoms with Gasteiger partial charge in [-0.3, -0.25) is 0 Å². The zero-order valence-electron chi connectivity index (χ0n) is 9.31. The van der Waals surface area contributed by atoms with Crippen molar-refractivity contribution in [1.82, 2.24) is 0 Å². The van der Waals surface area contributed by atoms with Crippen LogP contribution >= 0.6 is 0 Å². The van der Waals surface area contributed by atoms with Crippen molar-refractivity contribution in [3.63, 3.8) is 0 Å². The molecule has 0 aliphatic rings. The summed E-state index contributed by atoms with van der Waals surface area (Å²) in [5.74, 6) is 0.661. The Kier molecular flexibility index (Phi) is 4.12. The molecule has 1 aromatic rings. The van der Waals surface area contributed by atoms with Crippen LogP contribution in [0.3, 0.4) is 0 Å². The Morgan fingerprint density at radius 1 is 1.29 bits per heavy atom. The average molecular weight is 194 g/mol. The monoisotopic (exact) mass is 194 g/mol. The first-order valence-corrected chi connectivity index (χ1v) is 5.34. The maximum absolute atomic E-state index is 12.9. The zero-order valence-corrected chi connectivity index (χ0v) is 9.31. The molecular formula is C13H19F. The van der Waals surface area contributed by atoms with E-state index in [9.17, 15) is 4.39 Å². The van der Waals surface area contributed by atoms with Crippen LogP contribution in [0.25, 0.3) is 0 Å². The molecule has 14 heavy (non-hydrogen) atoms. The maximum atomic E-state index is 12.9. The molecule has 0 saturated heterocycles. The quantitative estimate of drug-likeness (QED) is 0.676. The van der Waals surface area contributed by atoms with Gasteiger partial charge >= 0.3 is 0 Å². The SMILES string of the molecule is Cc1cc(CCCC(C)C)ccc1F. The molecule has 0 spiro atoms. The van der Waals surface area contributed by atoms with Crippen LogP contribution in [0, 0.1) is 18.7 Å². The van der Waals surface area contributed by atoms with E-state index in [1.54, 1.807) is 6.07 Å². The minimum atomic E-state index is -0.0994. The Labute approximate surface area is 86.2 Å². The van der Waals surface area contributed by atoms with Crippen molar-refractivity contribution in [3.8, 4) is 0 Å². The number of rotatable bonds is 4. The Hall–Kier alpha value is -0.850. The lowest BCUT2D eigenvalue weighted by Gasteiger charge is -2.05. The van der Waals surface area contributed by atoms with Gasteiger partial charge in [-0.2, -0.15) is 0 Å². The summed E-state index contributed by atoms with van der Waals surface area (Å²) in [5.41, 5.74) is 2.01. The summed E-state index contributed by atoms with van der Waals surface area (Å²) in [7, 11) is 0. The van der Waals surface area contributed by atoms with Crippen molar-refractivity contribution in [3.05, 3.63) is 35.1 Å². The van der Waals surface area contributed by atoms with Crippen LogP contribution in [0.1, 0.15) is 37.8 Å². The molecule has 0 bridgehead atoms. The van der Waals surface area contributed by atoms with E-state index in [4.69, 9.17) is 0 Å². The predicted octanol–water partition coefficient (Wildman–Crippen LogP) is 4.11. The van der Waals surface area contributed by atoms with E-state index >= 15 is 0 Å². The fourth-order valence-corrected chi connectivity index (χ4v) is 1.58. The molecule has 0 radical (unpaired) electrons. The molecule has 0 aromatic heterocycles. The Morgan fingerprint density at radius 3 is 2.57 bits per heavy atom. The molecule has 0 unspecified atom stereocenters. The topological polar surface area (TPSA) is 0 Å². The van der Waals surface area contributed by atoms with E-state index in [2.05, 4.69) is 13.8 Å². The highest BCUT2D eigenvalue weighted by molar-refractivity contribution is 5.23. The number of halogens is 1. The van der Waals surface area contributed by atoms with Gasteiger partial charge in [0.15, 0.2) is 0 Å². The van der Waals surface area contributed by atoms with Crippen molar-refractivity contribution in [2.75, 3.05) is 0 Å². The fourth-order valence-electron chi connectivity index (χ4n) is 1.58. The van der Waals surface area contributed by atoms with Crippen molar-refractivity contribution >= 4 is 0 Å². The predicted molar refractivity (Wildman–Crippen MR) is 58.9 cm³/mol. The summed E-state index contributed by atoms with van der Waals surface area (Å²) in [4.78, 5) is 0.